The van der Waals surface area contributed by atoms with Crippen LogP contribution in [0.25, 0.3) is 0 Å². The van der Waals surface area contributed by atoms with Gasteiger partial charge in [-0.05, 0) is 0 Å². The van der Waals surface area contributed by atoms with E-state index >= 15 is 0 Å². The fraction of sp³-hybridized carbons (Fsp3) is 0.130. The molecule has 0 aromatic heterocycles. The van der Waals surface area contributed by atoms with Gasteiger partial charge in [0.1, 0.15) is 0 Å². The zero-order valence-corrected chi connectivity index (χ0v) is 17.3. The number of hydrogen-bond donors (Lipinski definition) is 0. The average molecular weight is 419 g/mol. The fourth-order valence-corrected chi connectivity index (χ4v) is 15.4. The van der Waals surface area contributed by atoms with E-state index in [1.807, 2.05) is 0 Å². The SMILES string of the molecule is C=C[CH](c1ccc(C)cc1)[Sn]([CH3])([c]1ccccc1)[c]1ccccc1. The van der Waals surface area contributed by atoms with Crippen LogP contribution >= 0.6 is 0 Å². The van der Waals surface area contributed by atoms with Gasteiger partial charge in [-0.2, -0.15) is 0 Å². The molecule has 120 valence electrons. The summed E-state index contributed by atoms with van der Waals surface area (Å²) in [4.78, 5) is 2.53. The van der Waals surface area contributed by atoms with E-state index in [-0.39, 0.29) is 0 Å². The van der Waals surface area contributed by atoms with Crippen molar-refractivity contribution in [3.63, 3.8) is 0 Å². The molecule has 0 bridgehead atoms. The first kappa shape index (κ1) is 17.0. The molecule has 3 aromatic carbocycles. The molecule has 0 radical (unpaired) electrons. The van der Waals surface area contributed by atoms with Crippen LogP contribution in [0.1, 0.15) is 15.1 Å². The van der Waals surface area contributed by atoms with Crippen LogP contribution in [0.15, 0.2) is 97.6 Å². The Hall–Kier alpha value is -1.80. The van der Waals surface area contributed by atoms with E-state index in [1.165, 1.54) is 18.3 Å². The van der Waals surface area contributed by atoms with Gasteiger partial charge in [-0.1, -0.05) is 0 Å². The minimum absolute atomic E-state index is 0.407. The van der Waals surface area contributed by atoms with E-state index in [2.05, 4.69) is 109 Å². The molecule has 3 rings (SSSR count). The Bertz CT molecular complexity index is 749. The monoisotopic (exact) mass is 420 g/mol. The molecule has 0 aliphatic heterocycles. The molecule has 0 amide bonds. The van der Waals surface area contributed by atoms with Crippen molar-refractivity contribution in [3.8, 4) is 0 Å². The molecule has 0 saturated carbocycles. The van der Waals surface area contributed by atoms with Gasteiger partial charge in [-0.3, -0.25) is 0 Å². The number of aryl methyl sites for hydroxylation is 1. The van der Waals surface area contributed by atoms with E-state index < -0.39 is 18.4 Å². The summed E-state index contributed by atoms with van der Waals surface area (Å²) in [6.45, 7) is 6.37. The predicted octanol–water partition coefficient (Wildman–Crippen LogP) is 4.70. The van der Waals surface area contributed by atoms with Crippen molar-refractivity contribution < 1.29 is 0 Å². The number of benzene rings is 3. The second-order valence-electron chi connectivity index (χ2n) is 6.56. The molecule has 0 heterocycles. The number of allylic oxidation sites excluding steroid dienone is 1. The molecule has 1 unspecified atom stereocenters. The van der Waals surface area contributed by atoms with Crippen LogP contribution in [0.4, 0.5) is 0 Å². The quantitative estimate of drug-likeness (QED) is 0.416. The molecule has 0 fully saturated rings. The Balaban J connectivity index is 2.20. The van der Waals surface area contributed by atoms with Crippen LogP contribution < -0.4 is 7.16 Å². The molecule has 24 heavy (non-hydrogen) atoms. The van der Waals surface area contributed by atoms with Crippen LogP contribution in [-0.2, 0) is 0 Å². The summed E-state index contributed by atoms with van der Waals surface area (Å²) in [7, 11) is 0. The summed E-state index contributed by atoms with van der Waals surface area (Å²) in [5.74, 6) is 0. The topological polar surface area (TPSA) is 0 Å². The third kappa shape index (κ3) is 3.20. The first-order valence-corrected chi connectivity index (χ1v) is 15.8. The zero-order chi connectivity index (χ0) is 17.0. The van der Waals surface area contributed by atoms with Crippen molar-refractivity contribution in [2.45, 2.75) is 15.8 Å². The van der Waals surface area contributed by atoms with Crippen LogP contribution in [0, 0.1) is 6.92 Å². The van der Waals surface area contributed by atoms with Crippen LogP contribution in [0.3, 0.4) is 0 Å². The van der Waals surface area contributed by atoms with Crippen molar-refractivity contribution >= 4 is 25.5 Å². The van der Waals surface area contributed by atoms with E-state index in [1.54, 1.807) is 0 Å². The molecular weight excluding hydrogens is 395 g/mol. The normalized spacial score (nSPS) is 12.6. The van der Waals surface area contributed by atoms with Crippen molar-refractivity contribution in [1.82, 2.24) is 0 Å². The summed E-state index contributed by atoms with van der Waals surface area (Å²) < 4.78 is 3.44. The minimum atomic E-state index is -2.95. The van der Waals surface area contributed by atoms with Crippen molar-refractivity contribution in [2.24, 2.45) is 0 Å². The standard InChI is InChI=1S/C10H11.2C6H5.CH3.Sn/c1-3-4-10-7-5-9(2)6-8-10;2*1-2-4-6-5-3-1;;/h3-8H,1H2,2H3;2*1-5H;1H3;. The summed E-state index contributed by atoms with van der Waals surface area (Å²) in [6, 6.07) is 31.1. The Kier molecular flexibility index (Phi) is 5.25. The number of hydrogen-bond acceptors (Lipinski definition) is 0. The third-order valence-electron chi connectivity index (χ3n) is 5.04. The summed E-state index contributed by atoms with van der Waals surface area (Å²) in [6.07, 6.45) is 2.18. The molecule has 1 atom stereocenters. The van der Waals surface area contributed by atoms with Gasteiger partial charge < -0.3 is 0 Å². The van der Waals surface area contributed by atoms with E-state index in [4.69, 9.17) is 0 Å². The Morgan fingerprint density at radius 3 is 1.62 bits per heavy atom. The first-order valence-electron chi connectivity index (χ1n) is 8.46. The third-order valence-corrected chi connectivity index (χ3v) is 19.0. The van der Waals surface area contributed by atoms with Gasteiger partial charge in [0.2, 0.25) is 0 Å². The molecule has 0 aliphatic rings. The maximum atomic E-state index is 4.23. The summed E-state index contributed by atoms with van der Waals surface area (Å²) in [5.41, 5.74) is 2.69. The Morgan fingerprint density at radius 1 is 0.750 bits per heavy atom. The second kappa shape index (κ2) is 7.39. The summed E-state index contributed by atoms with van der Waals surface area (Å²) >= 11 is -2.95. The van der Waals surface area contributed by atoms with Gasteiger partial charge in [0, 0.05) is 0 Å². The molecule has 3 aromatic rings. The van der Waals surface area contributed by atoms with Crippen molar-refractivity contribution in [1.29, 1.82) is 0 Å². The van der Waals surface area contributed by atoms with Gasteiger partial charge in [-0.25, -0.2) is 0 Å². The number of rotatable bonds is 5. The van der Waals surface area contributed by atoms with Gasteiger partial charge in [0.25, 0.3) is 0 Å². The second-order valence-corrected chi connectivity index (χ2v) is 18.5. The summed E-state index contributed by atoms with van der Waals surface area (Å²) in [5, 5.41) is 0. The molecule has 0 aliphatic carbocycles. The molecule has 0 N–H and O–H groups in total. The van der Waals surface area contributed by atoms with Gasteiger partial charge >= 0.3 is 150 Å². The average Bonchev–Trinajstić information content (AvgIpc) is 2.65. The van der Waals surface area contributed by atoms with Crippen molar-refractivity contribution in [3.05, 3.63) is 109 Å². The maximum absolute atomic E-state index is 4.23. The Labute approximate surface area is 149 Å². The molecule has 1 heteroatoms. The molecule has 0 saturated heterocycles. The van der Waals surface area contributed by atoms with E-state index in [0.717, 1.165) is 0 Å². The Morgan fingerprint density at radius 2 is 1.21 bits per heavy atom. The fourth-order valence-electron chi connectivity index (χ4n) is 3.57. The van der Waals surface area contributed by atoms with Gasteiger partial charge in [-0.15, -0.1) is 0 Å². The molecule has 0 spiro atoms. The van der Waals surface area contributed by atoms with Gasteiger partial charge in [0.05, 0.1) is 0 Å². The van der Waals surface area contributed by atoms with E-state index in [9.17, 15) is 0 Å². The van der Waals surface area contributed by atoms with Crippen LogP contribution in [0.2, 0.25) is 4.94 Å². The first-order chi connectivity index (χ1) is 11.7. The van der Waals surface area contributed by atoms with Crippen LogP contribution in [0.5, 0.6) is 0 Å². The van der Waals surface area contributed by atoms with Gasteiger partial charge in [0.15, 0.2) is 0 Å². The van der Waals surface area contributed by atoms with Crippen LogP contribution in [-0.4, -0.2) is 18.4 Å². The predicted molar refractivity (Wildman–Crippen MR) is 108 cm³/mol. The van der Waals surface area contributed by atoms with E-state index in [0.29, 0.717) is 3.93 Å². The zero-order valence-electron chi connectivity index (χ0n) is 14.4. The molecule has 0 nitrogen and oxygen atoms in total. The molecular formula is C23H24Sn. The van der Waals surface area contributed by atoms with Crippen molar-refractivity contribution in [2.75, 3.05) is 0 Å².